The first kappa shape index (κ1) is 13.9. The Bertz CT molecular complexity index is 257. The summed E-state index contributed by atoms with van der Waals surface area (Å²) in [5, 5.41) is 7.10. The lowest BCUT2D eigenvalue weighted by Gasteiger charge is -1.93. The quantitative estimate of drug-likeness (QED) is 0.266. The molecule has 0 spiro atoms. The maximum atomic E-state index is 8.00. The van der Waals surface area contributed by atoms with Crippen LogP contribution in [0.3, 0.4) is 0 Å². The largest absolute Gasteiger partial charge is 0.368 e. The molecule has 0 aliphatic carbocycles. The highest BCUT2D eigenvalue weighted by Crippen LogP contribution is 1.97. The number of carbonyl (C=O) groups excluding carboxylic acids is 1. The molecule has 76 valence electrons. The maximum Gasteiger partial charge on any atom is 0.226 e. The van der Waals surface area contributed by atoms with Crippen LogP contribution in [0.2, 0.25) is 0 Å². The molecule has 0 fully saturated rings. The predicted molar refractivity (Wildman–Crippen MR) is 50.0 cm³/mol. The summed E-state index contributed by atoms with van der Waals surface area (Å²) >= 11 is 0. The van der Waals surface area contributed by atoms with E-state index in [1.54, 1.807) is 0 Å². The summed E-state index contributed by atoms with van der Waals surface area (Å²) in [5.74, 6) is 0.125. The number of anilines is 3. The molecule has 8 N–H and O–H groups in total. The second-order valence-electron chi connectivity index (χ2n) is 1.54. The topological polar surface area (TPSA) is 184 Å². The number of hydrogen-bond donors (Lipinski definition) is 4. The molecule has 0 aromatic carbocycles. The summed E-state index contributed by atoms with van der Waals surface area (Å²) in [5.41, 5.74) is 19.6. The minimum absolute atomic E-state index is 0.0417. The molecule has 9 heteroatoms. The van der Waals surface area contributed by atoms with Crippen LogP contribution < -0.4 is 22.9 Å². The van der Waals surface area contributed by atoms with Gasteiger partial charge in [-0.2, -0.15) is 20.2 Å². The van der Waals surface area contributed by atoms with Crippen molar-refractivity contribution in [2.45, 2.75) is 0 Å². The van der Waals surface area contributed by atoms with E-state index < -0.39 is 0 Å². The third kappa shape index (κ3) is 7.48. The molecule has 0 amide bonds. The number of hydrogen-bond acceptors (Lipinski definition) is 9. The number of nitrogens with two attached hydrogens (primary N) is 4. The van der Waals surface area contributed by atoms with E-state index in [1.807, 2.05) is 6.79 Å². The molecule has 0 saturated heterocycles. The Morgan fingerprint density at radius 2 is 1.14 bits per heavy atom. The van der Waals surface area contributed by atoms with Gasteiger partial charge in [-0.1, -0.05) is 0 Å². The molecule has 1 heterocycles. The molecule has 1 rings (SSSR count). The van der Waals surface area contributed by atoms with Gasteiger partial charge in [0.2, 0.25) is 17.8 Å². The second-order valence-corrected chi connectivity index (χ2v) is 1.54. The van der Waals surface area contributed by atoms with Crippen LogP contribution in [0.1, 0.15) is 0 Å². The summed E-state index contributed by atoms with van der Waals surface area (Å²) in [6.07, 6.45) is 1.25. The van der Waals surface area contributed by atoms with Crippen molar-refractivity contribution in [3.8, 4) is 6.19 Å². The normalized spacial score (nSPS) is 6.79. The molecule has 0 aliphatic heterocycles. The average molecular weight is 198 g/mol. The van der Waals surface area contributed by atoms with E-state index >= 15 is 0 Å². The fourth-order valence-corrected chi connectivity index (χ4v) is 0.427. The van der Waals surface area contributed by atoms with Crippen LogP contribution in [0.25, 0.3) is 0 Å². The van der Waals surface area contributed by atoms with Crippen LogP contribution in [0, 0.1) is 11.5 Å². The lowest BCUT2D eigenvalue weighted by atomic mass is 10.9. The van der Waals surface area contributed by atoms with E-state index in [0.29, 0.717) is 0 Å². The van der Waals surface area contributed by atoms with Gasteiger partial charge in [0.05, 0.1) is 0 Å². The Morgan fingerprint density at radius 1 is 1.00 bits per heavy atom. The highest BCUT2D eigenvalue weighted by molar-refractivity contribution is 5.33. The first-order valence-corrected chi connectivity index (χ1v) is 3.01. The Morgan fingerprint density at radius 3 is 1.29 bits per heavy atom. The Labute approximate surface area is 79.7 Å². The molecule has 0 radical (unpaired) electrons. The highest BCUT2D eigenvalue weighted by Gasteiger charge is 1.93. The third-order valence-electron chi connectivity index (χ3n) is 0.687. The highest BCUT2D eigenvalue weighted by atomic mass is 16.1. The van der Waals surface area contributed by atoms with Gasteiger partial charge in [-0.3, -0.25) is 0 Å². The SMILES string of the molecule is C=O.N#CN.Nc1nc(N)nc(N)n1. The molecule has 0 aliphatic rings. The Kier molecular flexibility index (Phi) is 8.42. The van der Waals surface area contributed by atoms with Gasteiger partial charge in [-0.05, 0) is 0 Å². The molecule has 1 aromatic heterocycles. The fraction of sp³-hybridized carbons (Fsp3) is 0. The van der Waals surface area contributed by atoms with E-state index in [-0.39, 0.29) is 17.8 Å². The van der Waals surface area contributed by atoms with Crippen LogP contribution in [-0.2, 0) is 4.79 Å². The lowest BCUT2D eigenvalue weighted by molar-refractivity contribution is -0.0979. The Hall–Kier alpha value is -2.63. The van der Waals surface area contributed by atoms with Gasteiger partial charge < -0.3 is 27.7 Å². The molecule has 14 heavy (non-hydrogen) atoms. The van der Waals surface area contributed by atoms with E-state index in [0.717, 1.165) is 0 Å². The zero-order valence-electron chi connectivity index (χ0n) is 7.21. The van der Waals surface area contributed by atoms with Crippen LogP contribution >= 0.6 is 0 Å². The second kappa shape index (κ2) is 8.47. The predicted octanol–water partition coefficient (Wildman–Crippen LogP) is -2.14. The van der Waals surface area contributed by atoms with Crippen molar-refractivity contribution in [2.24, 2.45) is 5.73 Å². The lowest BCUT2D eigenvalue weighted by Crippen LogP contribution is -2.05. The summed E-state index contributed by atoms with van der Waals surface area (Å²) in [4.78, 5) is 18.5. The smallest absolute Gasteiger partial charge is 0.226 e. The molecular formula is C5H10N8O. The third-order valence-corrected chi connectivity index (χ3v) is 0.687. The van der Waals surface area contributed by atoms with E-state index in [1.165, 1.54) is 6.19 Å². The van der Waals surface area contributed by atoms with Crippen LogP contribution in [0.15, 0.2) is 0 Å². The van der Waals surface area contributed by atoms with Crippen LogP contribution in [0.5, 0.6) is 0 Å². The van der Waals surface area contributed by atoms with Gasteiger partial charge in [-0.15, -0.1) is 0 Å². The van der Waals surface area contributed by atoms with Crippen LogP contribution in [0.4, 0.5) is 17.8 Å². The molecule has 0 atom stereocenters. The number of nitrogen functional groups attached to an aromatic ring is 3. The molecule has 9 nitrogen and oxygen atoms in total. The van der Waals surface area contributed by atoms with Crippen molar-refractivity contribution in [1.29, 1.82) is 5.26 Å². The summed E-state index contributed by atoms with van der Waals surface area (Å²) in [6, 6.07) is 0. The van der Waals surface area contributed by atoms with Crippen molar-refractivity contribution in [3.63, 3.8) is 0 Å². The van der Waals surface area contributed by atoms with Crippen molar-refractivity contribution in [2.75, 3.05) is 17.2 Å². The van der Waals surface area contributed by atoms with Gasteiger partial charge in [0.15, 0.2) is 6.19 Å². The van der Waals surface area contributed by atoms with Gasteiger partial charge in [0.25, 0.3) is 0 Å². The monoisotopic (exact) mass is 198 g/mol. The van der Waals surface area contributed by atoms with Crippen molar-refractivity contribution in [3.05, 3.63) is 0 Å². The number of nitriles is 1. The standard InChI is InChI=1S/C3H6N6.CH2N2.CH2O/c4-1-7-2(5)9-3(6)8-1;2-1-3;1-2/h(H6,4,5,6,7,8,9);2H2;1H2. The van der Waals surface area contributed by atoms with Gasteiger partial charge in [0.1, 0.15) is 6.79 Å². The molecule has 1 aromatic rings. The summed E-state index contributed by atoms with van der Waals surface area (Å²) < 4.78 is 0. The Balaban J connectivity index is 0. The molecule has 0 unspecified atom stereocenters. The van der Waals surface area contributed by atoms with Crippen LogP contribution in [-0.4, -0.2) is 21.7 Å². The van der Waals surface area contributed by atoms with Crippen molar-refractivity contribution < 1.29 is 4.79 Å². The minimum atomic E-state index is 0.0417. The van der Waals surface area contributed by atoms with Gasteiger partial charge >= 0.3 is 0 Å². The number of carbonyl (C=O) groups is 1. The zero-order chi connectivity index (χ0) is 11.6. The average Bonchev–Trinajstić information content (AvgIpc) is 2.06. The number of nitrogens with zero attached hydrogens (tertiary/aromatic N) is 4. The molecule has 0 saturated carbocycles. The molecule has 0 bridgehead atoms. The fourth-order valence-electron chi connectivity index (χ4n) is 0.427. The van der Waals surface area contributed by atoms with E-state index in [4.69, 9.17) is 27.3 Å². The summed E-state index contributed by atoms with van der Waals surface area (Å²) in [6.45, 7) is 2.00. The van der Waals surface area contributed by atoms with Crippen molar-refractivity contribution >= 4 is 24.6 Å². The number of aromatic nitrogens is 3. The van der Waals surface area contributed by atoms with Crippen molar-refractivity contribution in [1.82, 2.24) is 15.0 Å². The zero-order valence-corrected chi connectivity index (χ0v) is 7.21. The number of rotatable bonds is 0. The van der Waals surface area contributed by atoms with E-state index in [9.17, 15) is 0 Å². The first-order valence-electron chi connectivity index (χ1n) is 3.01. The van der Waals surface area contributed by atoms with Gasteiger partial charge in [0, 0.05) is 0 Å². The molecular weight excluding hydrogens is 188 g/mol. The van der Waals surface area contributed by atoms with Gasteiger partial charge in [-0.25, -0.2) is 0 Å². The maximum absolute atomic E-state index is 8.00. The first-order chi connectivity index (χ1) is 6.60. The minimum Gasteiger partial charge on any atom is -0.368 e. The van der Waals surface area contributed by atoms with E-state index in [2.05, 4.69) is 20.7 Å². The summed E-state index contributed by atoms with van der Waals surface area (Å²) in [7, 11) is 0.